The molecule has 0 saturated heterocycles. The molecule has 1 aromatic rings. The number of carbonyl (C=O) groups excluding carboxylic acids is 1. The van der Waals surface area contributed by atoms with Crippen LogP contribution >= 0.6 is 0 Å². The van der Waals surface area contributed by atoms with Crippen LogP contribution in [0, 0.1) is 0 Å². The third-order valence-corrected chi connectivity index (χ3v) is 2.53. The standard InChI is InChI=1S/C14H17NO6/c1-19-10-6-9(7-11(20-2)14(10)21-3)4-5-12(16)15-8-13(17)18/h4-7H,8H2,1-3H3,(H,15,16)(H,17,18). The van der Waals surface area contributed by atoms with Gasteiger partial charge in [-0.15, -0.1) is 0 Å². The summed E-state index contributed by atoms with van der Waals surface area (Å²) in [6.45, 7) is -0.432. The third kappa shape index (κ3) is 4.72. The SMILES string of the molecule is COc1cc(C=CC(=O)NCC(=O)O)cc(OC)c1OC. The topological polar surface area (TPSA) is 94.1 Å². The lowest BCUT2D eigenvalue weighted by Gasteiger charge is -2.12. The zero-order valence-corrected chi connectivity index (χ0v) is 12.0. The molecule has 1 rings (SSSR count). The summed E-state index contributed by atoms with van der Waals surface area (Å²) >= 11 is 0. The number of carboxylic acids is 1. The Morgan fingerprint density at radius 2 is 1.71 bits per heavy atom. The number of amides is 1. The van der Waals surface area contributed by atoms with E-state index >= 15 is 0 Å². The Kier molecular flexibility index (Phi) is 6.06. The molecule has 0 aliphatic rings. The highest BCUT2D eigenvalue weighted by molar-refractivity contribution is 5.93. The largest absolute Gasteiger partial charge is 0.493 e. The predicted octanol–water partition coefficient (Wildman–Crippen LogP) is 0.926. The summed E-state index contributed by atoms with van der Waals surface area (Å²) in [5.74, 6) is -0.243. The quantitative estimate of drug-likeness (QED) is 0.727. The fourth-order valence-electron chi connectivity index (χ4n) is 1.59. The number of carbonyl (C=O) groups is 2. The molecule has 0 fully saturated rings. The van der Waals surface area contributed by atoms with Crippen LogP contribution in [0.15, 0.2) is 18.2 Å². The Bertz CT molecular complexity index is 527. The molecule has 1 amide bonds. The number of nitrogens with one attached hydrogen (secondary N) is 1. The van der Waals surface area contributed by atoms with Crippen LogP contribution in [-0.2, 0) is 9.59 Å². The second kappa shape index (κ2) is 7.78. The number of hydrogen-bond acceptors (Lipinski definition) is 5. The van der Waals surface area contributed by atoms with Crippen molar-refractivity contribution in [2.75, 3.05) is 27.9 Å². The lowest BCUT2D eigenvalue weighted by molar-refractivity contribution is -0.137. The van der Waals surface area contributed by atoms with Gasteiger partial charge in [-0.3, -0.25) is 9.59 Å². The molecule has 0 unspecified atom stereocenters. The first kappa shape index (κ1) is 16.4. The molecule has 21 heavy (non-hydrogen) atoms. The zero-order chi connectivity index (χ0) is 15.8. The van der Waals surface area contributed by atoms with E-state index in [0.717, 1.165) is 0 Å². The molecular weight excluding hydrogens is 278 g/mol. The molecule has 7 nitrogen and oxygen atoms in total. The summed E-state index contributed by atoms with van der Waals surface area (Å²) in [5, 5.41) is 10.7. The van der Waals surface area contributed by atoms with E-state index in [2.05, 4.69) is 5.32 Å². The molecule has 0 atom stereocenters. The van der Waals surface area contributed by atoms with E-state index in [-0.39, 0.29) is 0 Å². The summed E-state index contributed by atoms with van der Waals surface area (Å²) < 4.78 is 15.6. The Morgan fingerprint density at radius 1 is 1.14 bits per heavy atom. The third-order valence-electron chi connectivity index (χ3n) is 2.53. The van der Waals surface area contributed by atoms with E-state index in [1.165, 1.54) is 33.5 Å². The number of benzene rings is 1. The fourth-order valence-corrected chi connectivity index (χ4v) is 1.59. The average Bonchev–Trinajstić information content (AvgIpc) is 2.49. The monoisotopic (exact) mass is 295 g/mol. The van der Waals surface area contributed by atoms with Crippen molar-refractivity contribution in [1.82, 2.24) is 5.32 Å². The minimum Gasteiger partial charge on any atom is -0.493 e. The fraction of sp³-hybridized carbons (Fsp3) is 0.286. The van der Waals surface area contributed by atoms with Gasteiger partial charge in [0.1, 0.15) is 6.54 Å². The van der Waals surface area contributed by atoms with Crippen molar-refractivity contribution in [1.29, 1.82) is 0 Å². The Balaban J connectivity index is 2.93. The number of ether oxygens (including phenoxy) is 3. The van der Waals surface area contributed by atoms with Crippen molar-refractivity contribution >= 4 is 18.0 Å². The molecule has 0 saturated carbocycles. The summed E-state index contributed by atoms with van der Waals surface area (Å²) in [4.78, 5) is 21.7. The van der Waals surface area contributed by atoms with Crippen LogP contribution in [-0.4, -0.2) is 44.9 Å². The number of methoxy groups -OCH3 is 3. The minimum atomic E-state index is -1.11. The summed E-state index contributed by atoms with van der Waals surface area (Å²) in [5.41, 5.74) is 0.648. The van der Waals surface area contributed by atoms with E-state index in [0.29, 0.717) is 22.8 Å². The van der Waals surface area contributed by atoms with Crippen LogP contribution in [0.1, 0.15) is 5.56 Å². The Hall–Kier alpha value is -2.70. The molecule has 0 aliphatic heterocycles. The van der Waals surface area contributed by atoms with Gasteiger partial charge in [0, 0.05) is 6.08 Å². The lowest BCUT2D eigenvalue weighted by atomic mass is 10.1. The molecule has 2 N–H and O–H groups in total. The van der Waals surface area contributed by atoms with Crippen molar-refractivity contribution in [3.63, 3.8) is 0 Å². The number of hydrogen-bond donors (Lipinski definition) is 2. The predicted molar refractivity (Wildman–Crippen MR) is 75.8 cm³/mol. The Labute approximate surface area is 122 Å². The van der Waals surface area contributed by atoms with E-state index in [1.54, 1.807) is 12.1 Å². The second-order valence-corrected chi connectivity index (χ2v) is 3.90. The van der Waals surface area contributed by atoms with Gasteiger partial charge in [0.05, 0.1) is 21.3 Å². The number of aliphatic carboxylic acids is 1. The van der Waals surface area contributed by atoms with Crippen LogP contribution in [0.25, 0.3) is 6.08 Å². The van der Waals surface area contributed by atoms with Gasteiger partial charge in [0.25, 0.3) is 0 Å². The second-order valence-electron chi connectivity index (χ2n) is 3.90. The first-order chi connectivity index (χ1) is 10.0. The van der Waals surface area contributed by atoms with Crippen molar-refractivity contribution in [2.24, 2.45) is 0 Å². The molecular formula is C14H17NO6. The number of carboxylic acid groups (broad SMARTS) is 1. The highest BCUT2D eigenvalue weighted by atomic mass is 16.5. The summed E-state index contributed by atoms with van der Waals surface area (Å²) in [6, 6.07) is 3.34. The Morgan fingerprint density at radius 3 is 2.14 bits per heavy atom. The van der Waals surface area contributed by atoms with Gasteiger partial charge in [-0.1, -0.05) is 0 Å². The van der Waals surface area contributed by atoms with Crippen LogP contribution in [0.3, 0.4) is 0 Å². The van der Waals surface area contributed by atoms with E-state index in [9.17, 15) is 9.59 Å². The van der Waals surface area contributed by atoms with Crippen molar-refractivity contribution in [2.45, 2.75) is 0 Å². The highest BCUT2D eigenvalue weighted by Gasteiger charge is 2.12. The van der Waals surface area contributed by atoms with E-state index in [1.807, 2.05) is 0 Å². The van der Waals surface area contributed by atoms with Crippen molar-refractivity contribution in [3.8, 4) is 17.2 Å². The summed E-state index contributed by atoms with van der Waals surface area (Å²) in [7, 11) is 4.48. The van der Waals surface area contributed by atoms with Gasteiger partial charge in [0.15, 0.2) is 11.5 Å². The molecule has 0 aliphatic carbocycles. The minimum absolute atomic E-state index is 0.432. The van der Waals surface area contributed by atoms with E-state index in [4.69, 9.17) is 19.3 Å². The van der Waals surface area contributed by atoms with Gasteiger partial charge in [-0.05, 0) is 23.8 Å². The molecule has 114 valence electrons. The zero-order valence-electron chi connectivity index (χ0n) is 12.0. The molecule has 0 heterocycles. The van der Waals surface area contributed by atoms with Crippen molar-refractivity contribution < 1.29 is 28.9 Å². The van der Waals surface area contributed by atoms with Crippen LogP contribution in [0.2, 0.25) is 0 Å². The molecule has 7 heteroatoms. The maximum Gasteiger partial charge on any atom is 0.322 e. The first-order valence-electron chi connectivity index (χ1n) is 5.99. The lowest BCUT2D eigenvalue weighted by Crippen LogP contribution is -2.27. The maximum atomic E-state index is 11.4. The maximum absolute atomic E-state index is 11.4. The molecule has 0 bridgehead atoms. The van der Waals surface area contributed by atoms with Gasteiger partial charge in [-0.25, -0.2) is 0 Å². The normalized spacial score (nSPS) is 10.2. The molecule has 0 spiro atoms. The smallest absolute Gasteiger partial charge is 0.322 e. The summed E-state index contributed by atoms with van der Waals surface area (Å²) in [6.07, 6.45) is 2.74. The number of rotatable bonds is 7. The van der Waals surface area contributed by atoms with Gasteiger partial charge in [-0.2, -0.15) is 0 Å². The molecule has 0 radical (unpaired) electrons. The van der Waals surface area contributed by atoms with E-state index < -0.39 is 18.4 Å². The van der Waals surface area contributed by atoms with Crippen LogP contribution in [0.4, 0.5) is 0 Å². The molecule has 1 aromatic carbocycles. The van der Waals surface area contributed by atoms with Crippen molar-refractivity contribution in [3.05, 3.63) is 23.8 Å². The average molecular weight is 295 g/mol. The molecule has 0 aromatic heterocycles. The highest BCUT2D eigenvalue weighted by Crippen LogP contribution is 2.38. The van der Waals surface area contributed by atoms with Gasteiger partial charge < -0.3 is 24.6 Å². The van der Waals surface area contributed by atoms with Gasteiger partial charge >= 0.3 is 5.97 Å². The van der Waals surface area contributed by atoms with Crippen LogP contribution in [0.5, 0.6) is 17.2 Å². The van der Waals surface area contributed by atoms with Crippen LogP contribution < -0.4 is 19.5 Å². The first-order valence-corrected chi connectivity index (χ1v) is 5.99. The van der Waals surface area contributed by atoms with Gasteiger partial charge in [0.2, 0.25) is 11.7 Å².